The number of nitrogens with zero attached hydrogens (tertiary/aromatic N) is 1. The van der Waals surface area contributed by atoms with Crippen LogP contribution < -0.4 is 0 Å². The summed E-state index contributed by atoms with van der Waals surface area (Å²) < 4.78 is 16.2. The third-order valence-corrected chi connectivity index (χ3v) is 6.17. The quantitative estimate of drug-likeness (QED) is 0.423. The van der Waals surface area contributed by atoms with E-state index in [0.717, 1.165) is 19.1 Å². The van der Waals surface area contributed by atoms with E-state index >= 15 is 0 Å². The van der Waals surface area contributed by atoms with Crippen molar-refractivity contribution in [3.05, 3.63) is 71.3 Å². The maximum atomic E-state index is 13.1. The minimum Gasteiger partial charge on any atom is -0.468 e. The molecule has 4 rings (SSSR count). The molecule has 31 heavy (non-hydrogen) atoms. The first kappa shape index (κ1) is 20.7. The van der Waals surface area contributed by atoms with E-state index < -0.39 is 41.0 Å². The molecule has 0 aliphatic carbocycles. The number of hydrogen-bond acceptors (Lipinski definition) is 7. The SMILES string of the molecule is COC(=O)C1(C(=O)OC)C[C@H](N2C(=O)c3ccccc3C2=O)O[C@]1(C)c1ccccc1. The molecule has 2 amide bonds. The van der Waals surface area contributed by atoms with Gasteiger partial charge in [-0.2, -0.15) is 0 Å². The first-order valence-corrected chi connectivity index (χ1v) is 9.69. The summed E-state index contributed by atoms with van der Waals surface area (Å²) in [6, 6.07) is 15.1. The number of carbonyl (C=O) groups is 4. The second-order valence-corrected chi connectivity index (χ2v) is 7.59. The Morgan fingerprint density at radius 3 is 1.87 bits per heavy atom. The van der Waals surface area contributed by atoms with Crippen LogP contribution in [-0.2, 0) is 29.4 Å². The van der Waals surface area contributed by atoms with Crippen molar-refractivity contribution in [3.8, 4) is 0 Å². The van der Waals surface area contributed by atoms with E-state index in [0.29, 0.717) is 5.56 Å². The zero-order valence-corrected chi connectivity index (χ0v) is 17.3. The van der Waals surface area contributed by atoms with Gasteiger partial charge in [0.1, 0.15) is 11.8 Å². The van der Waals surface area contributed by atoms with Gasteiger partial charge in [0.2, 0.25) is 5.41 Å². The van der Waals surface area contributed by atoms with Crippen molar-refractivity contribution in [2.75, 3.05) is 14.2 Å². The highest BCUT2D eigenvalue weighted by molar-refractivity contribution is 6.21. The standard InChI is InChI=1S/C23H21NO7/c1-22(14-9-5-4-6-10-14)23(20(27)29-2,21(28)30-3)13-17(31-22)24-18(25)15-11-7-8-12-16(15)19(24)26/h4-12,17H,13H2,1-3H3/t17-,22-/m1/s1. The van der Waals surface area contributed by atoms with Crippen molar-refractivity contribution in [3.63, 3.8) is 0 Å². The fraction of sp³-hybridized carbons (Fsp3) is 0.304. The van der Waals surface area contributed by atoms with Crippen molar-refractivity contribution < 1.29 is 33.4 Å². The number of methoxy groups -OCH3 is 2. The Balaban J connectivity index is 1.86. The Bertz CT molecular complexity index is 1030. The maximum absolute atomic E-state index is 13.1. The number of carbonyl (C=O) groups excluding carboxylic acids is 4. The molecule has 0 radical (unpaired) electrons. The van der Waals surface area contributed by atoms with Gasteiger partial charge in [0, 0.05) is 6.42 Å². The van der Waals surface area contributed by atoms with Gasteiger partial charge in [-0.25, -0.2) is 4.90 Å². The zero-order chi connectivity index (χ0) is 22.4. The molecule has 2 heterocycles. The molecule has 2 aliphatic rings. The highest BCUT2D eigenvalue weighted by Crippen LogP contribution is 2.55. The first-order valence-electron chi connectivity index (χ1n) is 9.69. The molecule has 0 N–H and O–H groups in total. The van der Waals surface area contributed by atoms with Crippen LogP contribution in [0, 0.1) is 5.41 Å². The van der Waals surface area contributed by atoms with E-state index in [2.05, 4.69) is 0 Å². The second kappa shape index (κ2) is 7.31. The Labute approximate surface area is 178 Å². The van der Waals surface area contributed by atoms with E-state index in [1.807, 2.05) is 0 Å². The van der Waals surface area contributed by atoms with Crippen LogP contribution in [0.25, 0.3) is 0 Å². The largest absolute Gasteiger partial charge is 0.468 e. The van der Waals surface area contributed by atoms with Crippen LogP contribution in [-0.4, -0.2) is 49.1 Å². The van der Waals surface area contributed by atoms with E-state index in [-0.39, 0.29) is 17.5 Å². The Morgan fingerprint density at radius 1 is 0.903 bits per heavy atom. The first-order chi connectivity index (χ1) is 14.8. The van der Waals surface area contributed by atoms with E-state index in [1.54, 1.807) is 61.5 Å². The van der Waals surface area contributed by atoms with Gasteiger partial charge in [-0.3, -0.25) is 19.2 Å². The molecule has 0 spiro atoms. The summed E-state index contributed by atoms with van der Waals surface area (Å²) in [5.41, 5.74) is -2.51. The van der Waals surface area contributed by atoms with Crippen LogP contribution >= 0.6 is 0 Å². The Morgan fingerprint density at radius 2 is 1.39 bits per heavy atom. The fourth-order valence-corrected chi connectivity index (χ4v) is 4.54. The lowest BCUT2D eigenvalue weighted by atomic mass is 9.68. The molecule has 2 aromatic rings. The number of ether oxygens (including phenoxy) is 3. The molecule has 2 aromatic carbocycles. The fourth-order valence-electron chi connectivity index (χ4n) is 4.54. The van der Waals surface area contributed by atoms with Gasteiger partial charge in [-0.05, 0) is 24.6 Å². The summed E-state index contributed by atoms with van der Waals surface area (Å²) in [4.78, 5) is 53.2. The molecule has 0 unspecified atom stereocenters. The van der Waals surface area contributed by atoms with Gasteiger partial charge < -0.3 is 14.2 Å². The Kier molecular flexibility index (Phi) is 4.89. The van der Waals surface area contributed by atoms with Gasteiger partial charge in [-0.15, -0.1) is 0 Å². The van der Waals surface area contributed by atoms with Crippen LogP contribution in [0.1, 0.15) is 39.6 Å². The number of benzene rings is 2. The average molecular weight is 423 g/mol. The van der Waals surface area contributed by atoms with Crippen molar-refractivity contribution >= 4 is 23.8 Å². The summed E-state index contributed by atoms with van der Waals surface area (Å²) in [6.07, 6.45) is -1.49. The highest BCUT2D eigenvalue weighted by atomic mass is 16.6. The van der Waals surface area contributed by atoms with Gasteiger partial charge in [-0.1, -0.05) is 42.5 Å². The normalized spacial score (nSPS) is 24.1. The van der Waals surface area contributed by atoms with Crippen LogP contribution in [0.5, 0.6) is 0 Å². The van der Waals surface area contributed by atoms with Crippen molar-refractivity contribution in [2.24, 2.45) is 5.41 Å². The van der Waals surface area contributed by atoms with Crippen LogP contribution in [0.2, 0.25) is 0 Å². The minimum atomic E-state index is -1.93. The molecular formula is C23H21NO7. The monoisotopic (exact) mass is 423 g/mol. The molecular weight excluding hydrogens is 402 g/mol. The topological polar surface area (TPSA) is 99.2 Å². The summed E-state index contributed by atoms with van der Waals surface area (Å²) in [6.45, 7) is 1.56. The average Bonchev–Trinajstić information content (AvgIpc) is 3.25. The lowest BCUT2D eigenvalue weighted by Gasteiger charge is -2.37. The number of fused-ring (bicyclic) bond motifs is 1. The van der Waals surface area contributed by atoms with E-state index in [9.17, 15) is 19.2 Å². The number of imide groups is 1. The van der Waals surface area contributed by atoms with Crippen LogP contribution in [0.15, 0.2) is 54.6 Å². The molecule has 1 saturated heterocycles. The molecule has 0 bridgehead atoms. The maximum Gasteiger partial charge on any atom is 0.326 e. The van der Waals surface area contributed by atoms with Crippen LogP contribution in [0.3, 0.4) is 0 Å². The van der Waals surface area contributed by atoms with Gasteiger partial charge in [0.05, 0.1) is 25.3 Å². The van der Waals surface area contributed by atoms with Gasteiger partial charge >= 0.3 is 11.9 Å². The predicted octanol–water partition coefficient (Wildman–Crippen LogP) is 2.28. The predicted molar refractivity (Wildman–Crippen MR) is 107 cm³/mol. The highest BCUT2D eigenvalue weighted by Gasteiger charge is 2.70. The minimum absolute atomic E-state index is 0.242. The second-order valence-electron chi connectivity index (χ2n) is 7.59. The lowest BCUT2D eigenvalue weighted by Crippen LogP contribution is -2.52. The third-order valence-electron chi connectivity index (χ3n) is 6.17. The summed E-state index contributed by atoms with van der Waals surface area (Å²) in [5.74, 6) is -2.84. The summed E-state index contributed by atoms with van der Waals surface area (Å²) in [5, 5.41) is 0. The molecule has 1 fully saturated rings. The van der Waals surface area contributed by atoms with Gasteiger partial charge in [0.15, 0.2) is 0 Å². The van der Waals surface area contributed by atoms with Gasteiger partial charge in [0.25, 0.3) is 11.8 Å². The Hall–Kier alpha value is -3.52. The summed E-state index contributed by atoms with van der Waals surface area (Å²) in [7, 11) is 2.32. The number of hydrogen-bond donors (Lipinski definition) is 0. The molecule has 8 heteroatoms. The smallest absolute Gasteiger partial charge is 0.326 e. The zero-order valence-electron chi connectivity index (χ0n) is 17.3. The van der Waals surface area contributed by atoms with Crippen molar-refractivity contribution in [2.45, 2.75) is 25.2 Å². The summed E-state index contributed by atoms with van der Waals surface area (Å²) >= 11 is 0. The van der Waals surface area contributed by atoms with Crippen molar-refractivity contribution in [1.82, 2.24) is 4.90 Å². The van der Waals surface area contributed by atoms with Crippen LogP contribution in [0.4, 0.5) is 0 Å². The number of rotatable bonds is 4. The number of amides is 2. The van der Waals surface area contributed by atoms with Crippen molar-refractivity contribution in [1.29, 1.82) is 0 Å². The molecule has 160 valence electrons. The number of esters is 2. The van der Waals surface area contributed by atoms with E-state index in [1.165, 1.54) is 0 Å². The lowest BCUT2D eigenvalue weighted by molar-refractivity contribution is -0.185. The van der Waals surface area contributed by atoms with E-state index in [4.69, 9.17) is 14.2 Å². The molecule has 0 aromatic heterocycles. The molecule has 2 atom stereocenters. The third kappa shape index (κ3) is 2.71. The molecule has 0 saturated carbocycles. The molecule has 8 nitrogen and oxygen atoms in total. The molecule has 2 aliphatic heterocycles.